The van der Waals surface area contributed by atoms with Crippen LogP contribution in [0.4, 0.5) is 5.69 Å². The molecule has 0 saturated carbocycles. The van der Waals surface area contributed by atoms with Gasteiger partial charge in [0.25, 0.3) is 10.0 Å². The maximum absolute atomic E-state index is 12.3. The van der Waals surface area contributed by atoms with Crippen molar-refractivity contribution in [3.05, 3.63) is 59.7 Å². The van der Waals surface area contributed by atoms with Crippen LogP contribution in [0, 0.1) is 0 Å². The number of amidine groups is 1. The summed E-state index contributed by atoms with van der Waals surface area (Å²) in [5.41, 5.74) is 2.42. The molecule has 1 heterocycles. The Kier molecular flexibility index (Phi) is 4.59. The molecule has 0 unspecified atom stereocenters. The Morgan fingerprint density at radius 2 is 1.80 bits per heavy atom. The van der Waals surface area contributed by atoms with E-state index in [4.69, 9.17) is 0 Å². The third-order valence-corrected chi connectivity index (χ3v) is 5.33. The van der Waals surface area contributed by atoms with E-state index in [1.807, 2.05) is 24.3 Å². The second-order valence-corrected chi connectivity index (χ2v) is 7.41. The lowest BCUT2D eigenvalue weighted by Crippen LogP contribution is -2.34. The number of hydrogen-bond donors (Lipinski definition) is 1. The van der Waals surface area contributed by atoms with Crippen molar-refractivity contribution >= 4 is 27.5 Å². The van der Waals surface area contributed by atoms with Gasteiger partial charge in [-0.25, -0.2) is 0 Å². The van der Waals surface area contributed by atoms with Crippen molar-refractivity contribution in [3.63, 3.8) is 0 Å². The van der Waals surface area contributed by atoms with Crippen molar-refractivity contribution in [1.82, 2.24) is 4.90 Å². The summed E-state index contributed by atoms with van der Waals surface area (Å²) in [5, 5.41) is 2.81. The van der Waals surface area contributed by atoms with Crippen LogP contribution in [0.3, 0.4) is 0 Å². The van der Waals surface area contributed by atoms with Gasteiger partial charge in [0, 0.05) is 18.3 Å². The molecular formula is C18H19N3O3S. The first-order valence-electron chi connectivity index (χ1n) is 7.95. The minimum atomic E-state index is -3.69. The van der Waals surface area contributed by atoms with E-state index >= 15 is 0 Å². The predicted octanol–water partition coefficient (Wildman–Crippen LogP) is 2.27. The maximum atomic E-state index is 12.3. The molecule has 0 bridgehead atoms. The number of anilines is 1. The van der Waals surface area contributed by atoms with Crippen LogP contribution in [-0.4, -0.2) is 38.7 Å². The molecule has 1 amide bonds. The summed E-state index contributed by atoms with van der Waals surface area (Å²) in [4.78, 5) is 14.0. The van der Waals surface area contributed by atoms with Gasteiger partial charge in [-0.2, -0.15) is 8.42 Å². The number of nitrogens with zero attached hydrogens (tertiary/aromatic N) is 2. The van der Waals surface area contributed by atoms with Gasteiger partial charge in [-0.1, -0.05) is 31.2 Å². The summed E-state index contributed by atoms with van der Waals surface area (Å²) in [5.74, 6) is 0.0447. The van der Waals surface area contributed by atoms with Crippen LogP contribution < -0.4 is 5.32 Å². The number of sulfonamides is 1. The second-order valence-electron chi connectivity index (χ2n) is 5.84. The standard InChI is InChI=1S/C18H19N3O3S/c1-3-13-8-10-14(11-9-13)19-17(22)12-21(2)18-15-6-4-5-7-16(15)25(23,24)20-18/h4-11H,3,12H2,1-2H3,(H,19,22). The van der Waals surface area contributed by atoms with E-state index in [0.29, 0.717) is 11.3 Å². The molecule has 0 spiro atoms. The fraction of sp³-hybridized carbons (Fsp3) is 0.222. The molecule has 0 fully saturated rings. The quantitative estimate of drug-likeness (QED) is 0.910. The van der Waals surface area contributed by atoms with Gasteiger partial charge in [0.1, 0.15) is 4.90 Å². The summed E-state index contributed by atoms with van der Waals surface area (Å²) in [6.45, 7) is 2.06. The average Bonchev–Trinajstić information content (AvgIpc) is 2.87. The van der Waals surface area contributed by atoms with Crippen LogP contribution in [0.2, 0.25) is 0 Å². The minimum absolute atomic E-state index is 0.00177. The summed E-state index contributed by atoms with van der Waals surface area (Å²) in [7, 11) is -2.04. The first-order chi connectivity index (χ1) is 11.9. The number of carbonyl (C=O) groups is 1. The molecule has 2 aromatic carbocycles. The lowest BCUT2D eigenvalue weighted by molar-refractivity contribution is -0.116. The van der Waals surface area contributed by atoms with E-state index in [1.54, 1.807) is 30.1 Å². The normalized spacial score (nSPS) is 14.6. The average molecular weight is 357 g/mol. The van der Waals surface area contributed by atoms with Gasteiger partial charge in [-0.15, -0.1) is 4.40 Å². The molecule has 7 heteroatoms. The van der Waals surface area contributed by atoms with Crippen LogP contribution in [0.1, 0.15) is 18.1 Å². The summed E-state index contributed by atoms with van der Waals surface area (Å²) >= 11 is 0. The second kappa shape index (κ2) is 6.68. The van der Waals surface area contributed by atoms with E-state index in [9.17, 15) is 13.2 Å². The molecule has 25 heavy (non-hydrogen) atoms. The summed E-state index contributed by atoms with van der Waals surface area (Å²) in [6, 6.07) is 14.2. The number of benzene rings is 2. The Bertz CT molecular complexity index is 934. The van der Waals surface area contributed by atoms with E-state index in [2.05, 4.69) is 16.6 Å². The van der Waals surface area contributed by atoms with Crippen LogP contribution in [-0.2, 0) is 21.2 Å². The Labute approximate surface area is 147 Å². The number of hydrogen-bond acceptors (Lipinski definition) is 4. The molecule has 130 valence electrons. The molecule has 0 aromatic heterocycles. The summed E-state index contributed by atoms with van der Waals surface area (Å²) < 4.78 is 28.0. The zero-order valence-corrected chi connectivity index (χ0v) is 14.9. The van der Waals surface area contributed by atoms with Crippen LogP contribution in [0.25, 0.3) is 0 Å². The van der Waals surface area contributed by atoms with Gasteiger partial charge >= 0.3 is 0 Å². The lowest BCUT2D eigenvalue weighted by atomic mass is 10.1. The number of nitrogens with one attached hydrogen (secondary N) is 1. The monoisotopic (exact) mass is 357 g/mol. The highest BCUT2D eigenvalue weighted by molar-refractivity contribution is 7.90. The van der Waals surface area contributed by atoms with E-state index < -0.39 is 10.0 Å². The first kappa shape index (κ1) is 17.2. The first-order valence-corrected chi connectivity index (χ1v) is 9.39. The van der Waals surface area contributed by atoms with E-state index in [-0.39, 0.29) is 23.2 Å². The predicted molar refractivity (Wildman–Crippen MR) is 97.2 cm³/mol. The van der Waals surface area contributed by atoms with Crippen molar-refractivity contribution in [3.8, 4) is 0 Å². The lowest BCUT2D eigenvalue weighted by Gasteiger charge is -2.18. The van der Waals surface area contributed by atoms with E-state index in [0.717, 1.165) is 6.42 Å². The molecular weight excluding hydrogens is 338 g/mol. The number of carbonyl (C=O) groups excluding carboxylic acids is 1. The highest BCUT2D eigenvalue weighted by Gasteiger charge is 2.30. The molecule has 1 aliphatic rings. The molecule has 3 rings (SSSR count). The third kappa shape index (κ3) is 3.56. The van der Waals surface area contributed by atoms with Crippen molar-refractivity contribution in [2.45, 2.75) is 18.2 Å². The smallest absolute Gasteiger partial charge is 0.285 e. The highest BCUT2D eigenvalue weighted by Crippen LogP contribution is 2.26. The number of fused-ring (bicyclic) bond motifs is 1. The molecule has 0 radical (unpaired) electrons. The van der Waals surface area contributed by atoms with Gasteiger partial charge in [0.05, 0.1) is 6.54 Å². The van der Waals surface area contributed by atoms with Gasteiger partial charge in [-0.05, 0) is 36.2 Å². The zero-order valence-electron chi connectivity index (χ0n) is 14.1. The largest absolute Gasteiger partial charge is 0.349 e. The maximum Gasteiger partial charge on any atom is 0.285 e. The highest BCUT2D eigenvalue weighted by atomic mass is 32.2. The van der Waals surface area contributed by atoms with Crippen LogP contribution >= 0.6 is 0 Å². The van der Waals surface area contributed by atoms with Crippen molar-refractivity contribution in [2.24, 2.45) is 4.40 Å². The minimum Gasteiger partial charge on any atom is -0.349 e. The topological polar surface area (TPSA) is 78.8 Å². The number of rotatable bonds is 4. The van der Waals surface area contributed by atoms with Crippen LogP contribution in [0.5, 0.6) is 0 Å². The fourth-order valence-electron chi connectivity index (χ4n) is 2.68. The number of amides is 1. The zero-order chi connectivity index (χ0) is 18.0. The molecule has 0 atom stereocenters. The Morgan fingerprint density at radius 1 is 1.12 bits per heavy atom. The number of likely N-dealkylation sites (N-methyl/N-ethyl adjacent to an activating group) is 1. The van der Waals surface area contributed by atoms with Gasteiger partial charge < -0.3 is 10.2 Å². The van der Waals surface area contributed by atoms with Gasteiger partial charge in [0.15, 0.2) is 5.84 Å². The Morgan fingerprint density at radius 3 is 2.48 bits per heavy atom. The summed E-state index contributed by atoms with van der Waals surface area (Å²) in [6.07, 6.45) is 0.935. The van der Waals surface area contributed by atoms with Gasteiger partial charge in [-0.3, -0.25) is 4.79 Å². The van der Waals surface area contributed by atoms with Crippen molar-refractivity contribution in [2.75, 3.05) is 18.9 Å². The molecule has 1 N–H and O–H groups in total. The molecule has 2 aromatic rings. The Balaban J connectivity index is 1.72. The van der Waals surface area contributed by atoms with Gasteiger partial charge in [0.2, 0.25) is 5.91 Å². The molecule has 1 aliphatic heterocycles. The van der Waals surface area contributed by atoms with Crippen molar-refractivity contribution < 1.29 is 13.2 Å². The van der Waals surface area contributed by atoms with Crippen LogP contribution in [0.15, 0.2) is 57.8 Å². The number of aryl methyl sites for hydroxylation is 1. The van der Waals surface area contributed by atoms with Crippen molar-refractivity contribution in [1.29, 1.82) is 0 Å². The SMILES string of the molecule is CCc1ccc(NC(=O)CN(C)C2=NS(=O)(=O)c3ccccc32)cc1. The fourth-order valence-corrected chi connectivity index (χ4v) is 3.93. The van der Waals surface area contributed by atoms with E-state index in [1.165, 1.54) is 11.6 Å². The Hall–Kier alpha value is -2.67. The molecule has 6 nitrogen and oxygen atoms in total. The molecule has 0 saturated heterocycles. The molecule has 0 aliphatic carbocycles. The third-order valence-electron chi connectivity index (χ3n) is 4.00.